The van der Waals surface area contributed by atoms with Gasteiger partial charge in [-0.25, -0.2) is 0 Å². The van der Waals surface area contributed by atoms with Crippen LogP contribution in [0.15, 0.2) is 59.5 Å². The number of non-ortho nitro benzene ring substituents is 1. The first-order valence-corrected chi connectivity index (χ1v) is 8.52. The fraction of sp³-hybridized carbons (Fsp3) is 0.0625. The van der Waals surface area contributed by atoms with Crippen molar-refractivity contribution in [3.63, 3.8) is 0 Å². The summed E-state index contributed by atoms with van der Waals surface area (Å²) in [6, 6.07) is 14.2. The maximum atomic E-state index is 12.5. The molecule has 0 aliphatic heterocycles. The normalized spacial score (nSPS) is 13.5. The van der Waals surface area contributed by atoms with E-state index in [1.165, 1.54) is 12.1 Å². The van der Waals surface area contributed by atoms with Crippen LogP contribution >= 0.6 is 0 Å². The summed E-state index contributed by atoms with van der Waals surface area (Å²) < 4.78 is 0.171. The van der Waals surface area contributed by atoms with E-state index in [0.29, 0.717) is 11.3 Å². The minimum absolute atomic E-state index is 0.00771. The summed E-state index contributed by atoms with van der Waals surface area (Å²) in [7, 11) is 0. The predicted molar refractivity (Wildman–Crippen MR) is 82.7 cm³/mol. The summed E-state index contributed by atoms with van der Waals surface area (Å²) in [5.74, 6) is -2.36. The van der Waals surface area contributed by atoms with E-state index in [4.69, 9.17) is 0 Å². The van der Waals surface area contributed by atoms with Crippen LogP contribution in [0.4, 0.5) is 5.69 Å². The molecule has 1 unspecified atom stereocenters. The average Bonchev–Trinajstić information content (AvgIpc) is 3.06. The number of benzene rings is 2. The average molecular weight is 374 g/mol. The fourth-order valence-electron chi connectivity index (χ4n) is 2.10. The molecule has 0 spiro atoms. The summed E-state index contributed by atoms with van der Waals surface area (Å²) in [6.07, 6.45) is 0. The quantitative estimate of drug-likeness (QED) is 0.321. The Morgan fingerprint density at radius 3 is 2.35 bits per heavy atom. The second-order valence-electron chi connectivity index (χ2n) is 4.85. The third kappa shape index (κ3) is 3.08. The summed E-state index contributed by atoms with van der Waals surface area (Å²) in [5, 5.41) is 33.5. The molecular formula is C16H11N2O4Se-. The van der Waals surface area contributed by atoms with Gasteiger partial charge in [0.15, 0.2) is 0 Å². The number of nitro groups is 1. The van der Waals surface area contributed by atoms with E-state index < -0.39 is 10.7 Å². The second-order valence-corrected chi connectivity index (χ2v) is 6.65. The van der Waals surface area contributed by atoms with Gasteiger partial charge in [-0.05, 0) is 0 Å². The standard InChI is InChI=1S/C16H11N2O4Se/c19-16(20,12-4-2-1-3-5-12)15-17-14(10-23-15)11-6-8-13(9-7-11)18(21)22/h1-10,19H/q-1. The molecule has 0 saturated carbocycles. The van der Waals surface area contributed by atoms with Gasteiger partial charge in [0.05, 0.1) is 0 Å². The number of nitrogens with zero attached hydrogens (tertiary/aromatic N) is 2. The Hall–Kier alpha value is -2.31. The van der Waals surface area contributed by atoms with Crippen molar-refractivity contribution < 1.29 is 15.1 Å². The van der Waals surface area contributed by atoms with Crippen LogP contribution in [-0.4, -0.2) is 29.5 Å². The zero-order chi connectivity index (χ0) is 16.4. The van der Waals surface area contributed by atoms with Gasteiger partial charge >= 0.3 is 137 Å². The Labute approximate surface area is 137 Å². The molecule has 2 aromatic carbocycles. The molecule has 0 aliphatic rings. The molecule has 0 aliphatic carbocycles. The Kier molecular flexibility index (Phi) is 4.10. The fourth-order valence-corrected chi connectivity index (χ4v) is 3.87. The molecule has 3 rings (SSSR count). The SMILES string of the molecule is O=[N+]([O-])c1ccc(-c2c[se]c(C([O-])(O)c3ccccc3)n2)cc1. The van der Waals surface area contributed by atoms with Crippen molar-refractivity contribution in [3.05, 3.63) is 79.8 Å². The van der Waals surface area contributed by atoms with E-state index in [-0.39, 0.29) is 30.3 Å². The van der Waals surface area contributed by atoms with Crippen LogP contribution in [0.5, 0.6) is 0 Å². The summed E-state index contributed by atoms with van der Waals surface area (Å²) in [6.45, 7) is 0. The Bertz CT molecular complexity index is 829. The molecule has 0 radical (unpaired) electrons. The Morgan fingerprint density at radius 1 is 1.09 bits per heavy atom. The van der Waals surface area contributed by atoms with E-state index >= 15 is 0 Å². The molecular weight excluding hydrogens is 363 g/mol. The van der Waals surface area contributed by atoms with Crippen molar-refractivity contribution in [2.75, 3.05) is 0 Å². The van der Waals surface area contributed by atoms with Crippen LogP contribution in [0, 0.1) is 10.1 Å². The number of nitro benzene ring substituents is 1. The molecule has 6 nitrogen and oxygen atoms in total. The molecule has 23 heavy (non-hydrogen) atoms. The van der Waals surface area contributed by atoms with E-state index in [1.807, 2.05) is 0 Å². The number of hydrogen-bond donors (Lipinski definition) is 1. The first-order chi connectivity index (χ1) is 11.0. The van der Waals surface area contributed by atoms with Crippen molar-refractivity contribution in [2.45, 2.75) is 5.79 Å². The molecule has 0 amide bonds. The van der Waals surface area contributed by atoms with Crippen molar-refractivity contribution in [2.24, 2.45) is 0 Å². The van der Waals surface area contributed by atoms with Crippen LogP contribution in [0.1, 0.15) is 10.1 Å². The molecule has 0 saturated heterocycles. The molecule has 1 atom stereocenters. The Balaban J connectivity index is 1.92. The zero-order valence-corrected chi connectivity index (χ0v) is 13.5. The van der Waals surface area contributed by atoms with Crippen LogP contribution in [-0.2, 0) is 5.79 Å². The molecule has 7 heteroatoms. The number of aliphatic hydroxyl groups is 1. The van der Waals surface area contributed by atoms with Gasteiger partial charge in [0.1, 0.15) is 0 Å². The van der Waals surface area contributed by atoms with Crippen LogP contribution in [0.25, 0.3) is 11.3 Å². The third-order valence-electron chi connectivity index (χ3n) is 3.33. The van der Waals surface area contributed by atoms with Gasteiger partial charge in [-0.3, -0.25) is 0 Å². The number of hydrogen-bond acceptors (Lipinski definition) is 5. The van der Waals surface area contributed by atoms with Crippen molar-refractivity contribution in [1.82, 2.24) is 4.98 Å². The minimum atomic E-state index is -2.36. The molecule has 0 bridgehead atoms. The summed E-state index contributed by atoms with van der Waals surface area (Å²) >= 11 is -0.372. The predicted octanol–water partition coefficient (Wildman–Crippen LogP) is 1.27. The molecule has 116 valence electrons. The molecule has 0 fully saturated rings. The van der Waals surface area contributed by atoms with Crippen LogP contribution in [0.2, 0.25) is 0 Å². The van der Waals surface area contributed by atoms with E-state index in [9.17, 15) is 20.3 Å². The van der Waals surface area contributed by atoms with E-state index in [1.54, 1.807) is 47.4 Å². The van der Waals surface area contributed by atoms with Gasteiger partial charge in [-0.2, -0.15) is 0 Å². The van der Waals surface area contributed by atoms with Gasteiger partial charge in [0.25, 0.3) is 0 Å². The third-order valence-corrected chi connectivity index (χ3v) is 5.29. The topological polar surface area (TPSA) is 99.3 Å². The van der Waals surface area contributed by atoms with Gasteiger partial charge in [-0.15, -0.1) is 0 Å². The van der Waals surface area contributed by atoms with Gasteiger partial charge in [0, 0.05) is 0 Å². The Morgan fingerprint density at radius 2 is 1.74 bits per heavy atom. The summed E-state index contributed by atoms with van der Waals surface area (Å²) in [4.78, 5) is 16.2. The van der Waals surface area contributed by atoms with E-state index in [2.05, 4.69) is 4.98 Å². The first-order valence-electron chi connectivity index (χ1n) is 6.67. The molecule has 1 aromatic heterocycles. The van der Waals surface area contributed by atoms with Crippen molar-refractivity contribution in [3.8, 4) is 11.3 Å². The zero-order valence-electron chi connectivity index (χ0n) is 11.7. The van der Waals surface area contributed by atoms with Crippen molar-refractivity contribution in [1.29, 1.82) is 0 Å². The maximum absolute atomic E-state index is 12.5. The molecule has 3 aromatic rings. The molecule has 1 N–H and O–H groups in total. The van der Waals surface area contributed by atoms with Gasteiger partial charge in [0.2, 0.25) is 0 Å². The monoisotopic (exact) mass is 375 g/mol. The second kappa shape index (κ2) is 6.06. The van der Waals surface area contributed by atoms with Crippen LogP contribution < -0.4 is 5.11 Å². The first kappa shape index (κ1) is 15.6. The number of rotatable bonds is 4. The van der Waals surface area contributed by atoms with Crippen LogP contribution in [0.3, 0.4) is 0 Å². The van der Waals surface area contributed by atoms with Gasteiger partial charge in [-0.1, -0.05) is 0 Å². The van der Waals surface area contributed by atoms with Crippen molar-refractivity contribution >= 4 is 20.2 Å². The van der Waals surface area contributed by atoms with Gasteiger partial charge < -0.3 is 0 Å². The summed E-state index contributed by atoms with van der Waals surface area (Å²) in [5.41, 5.74) is 1.47. The number of aromatic nitrogens is 1. The van der Waals surface area contributed by atoms with E-state index in [0.717, 1.165) is 0 Å². The molecule has 1 heterocycles.